The number of benzene rings is 2. The maximum atomic E-state index is 13.2. The maximum absolute atomic E-state index is 13.2. The minimum Gasteiger partial charge on any atom is -0.493 e. The monoisotopic (exact) mass is 377 g/mol. The Morgan fingerprint density at radius 1 is 1.12 bits per heavy atom. The van der Waals surface area contributed by atoms with Crippen molar-refractivity contribution in [3.05, 3.63) is 54.3 Å². The van der Waals surface area contributed by atoms with E-state index < -0.39 is 0 Å². The van der Waals surface area contributed by atoms with Crippen LogP contribution in [-0.4, -0.2) is 29.7 Å². The molecule has 3 rings (SSSR count). The van der Waals surface area contributed by atoms with Crippen molar-refractivity contribution in [2.45, 2.75) is 4.34 Å². The molecule has 0 fully saturated rings. The van der Waals surface area contributed by atoms with E-state index in [1.54, 1.807) is 31.0 Å². The smallest absolute Gasteiger partial charge is 0.210 e. The van der Waals surface area contributed by atoms with E-state index in [0.717, 1.165) is 15.8 Å². The number of hydrogen-bond donors (Lipinski definition) is 1. The van der Waals surface area contributed by atoms with E-state index in [-0.39, 0.29) is 5.82 Å². The lowest BCUT2D eigenvalue weighted by Crippen LogP contribution is -2.01. The maximum Gasteiger partial charge on any atom is 0.210 e. The average Bonchev–Trinajstić information content (AvgIpc) is 3.06. The SMILES string of the molecule is COc1ccccc1OCCSc1nnc(Nc2cccc(F)c2)s1. The summed E-state index contributed by atoms with van der Waals surface area (Å²) in [6.07, 6.45) is 0. The zero-order valence-electron chi connectivity index (χ0n) is 13.4. The number of aromatic nitrogens is 2. The van der Waals surface area contributed by atoms with Crippen LogP contribution in [0.5, 0.6) is 11.5 Å². The molecule has 1 heterocycles. The van der Waals surface area contributed by atoms with Gasteiger partial charge in [-0.25, -0.2) is 4.39 Å². The van der Waals surface area contributed by atoms with Crippen LogP contribution in [0.2, 0.25) is 0 Å². The Morgan fingerprint density at radius 2 is 1.96 bits per heavy atom. The Labute approximate surface area is 153 Å². The van der Waals surface area contributed by atoms with Crippen molar-refractivity contribution < 1.29 is 13.9 Å². The topological polar surface area (TPSA) is 56.3 Å². The van der Waals surface area contributed by atoms with Gasteiger partial charge in [0, 0.05) is 11.4 Å². The Morgan fingerprint density at radius 3 is 2.76 bits per heavy atom. The number of nitrogens with one attached hydrogen (secondary N) is 1. The first kappa shape index (κ1) is 17.5. The van der Waals surface area contributed by atoms with Crippen LogP contribution in [0.15, 0.2) is 52.9 Å². The van der Waals surface area contributed by atoms with Crippen molar-refractivity contribution in [3.63, 3.8) is 0 Å². The van der Waals surface area contributed by atoms with Crippen LogP contribution in [0.4, 0.5) is 15.2 Å². The second-order valence-corrected chi connectivity index (χ2v) is 7.18. The quantitative estimate of drug-likeness (QED) is 0.457. The van der Waals surface area contributed by atoms with Crippen LogP contribution in [0.3, 0.4) is 0 Å². The summed E-state index contributed by atoms with van der Waals surface area (Å²) < 4.78 is 25.0. The van der Waals surface area contributed by atoms with Gasteiger partial charge in [-0.15, -0.1) is 10.2 Å². The largest absolute Gasteiger partial charge is 0.493 e. The van der Waals surface area contributed by atoms with Crippen LogP contribution in [0, 0.1) is 5.82 Å². The second-order valence-electron chi connectivity index (χ2n) is 4.86. The molecule has 0 radical (unpaired) electrons. The van der Waals surface area contributed by atoms with Crippen LogP contribution in [-0.2, 0) is 0 Å². The first-order chi connectivity index (χ1) is 12.2. The van der Waals surface area contributed by atoms with E-state index in [9.17, 15) is 4.39 Å². The molecule has 1 N–H and O–H groups in total. The predicted octanol–water partition coefficient (Wildman–Crippen LogP) is 4.60. The molecule has 1 aromatic heterocycles. The standard InChI is InChI=1S/C17H16FN3O2S2/c1-22-14-7-2-3-8-15(14)23-9-10-24-17-21-20-16(25-17)19-13-6-4-5-12(18)11-13/h2-8,11H,9-10H2,1H3,(H,19,20). The molecular formula is C17H16FN3O2S2. The van der Waals surface area contributed by atoms with Crippen molar-refractivity contribution in [2.24, 2.45) is 0 Å². The van der Waals surface area contributed by atoms with Crippen molar-refractivity contribution in [1.82, 2.24) is 10.2 Å². The van der Waals surface area contributed by atoms with E-state index in [2.05, 4.69) is 15.5 Å². The minimum atomic E-state index is -0.294. The summed E-state index contributed by atoms with van der Waals surface area (Å²) in [7, 11) is 1.62. The summed E-state index contributed by atoms with van der Waals surface area (Å²) in [6, 6.07) is 13.8. The van der Waals surface area contributed by atoms with E-state index in [1.165, 1.54) is 23.5 Å². The zero-order chi connectivity index (χ0) is 17.5. The Balaban J connectivity index is 1.47. The Kier molecular flexibility index (Phi) is 6.08. The zero-order valence-corrected chi connectivity index (χ0v) is 15.1. The highest BCUT2D eigenvalue weighted by atomic mass is 32.2. The summed E-state index contributed by atoms with van der Waals surface area (Å²) in [4.78, 5) is 0. The molecule has 0 unspecified atom stereocenters. The van der Waals surface area contributed by atoms with Gasteiger partial charge in [-0.3, -0.25) is 0 Å². The highest BCUT2D eigenvalue weighted by Gasteiger charge is 2.07. The van der Waals surface area contributed by atoms with Crippen LogP contribution >= 0.6 is 23.1 Å². The lowest BCUT2D eigenvalue weighted by molar-refractivity contribution is 0.313. The molecule has 3 aromatic rings. The molecule has 0 aliphatic rings. The molecule has 0 spiro atoms. The number of para-hydroxylation sites is 2. The average molecular weight is 377 g/mol. The van der Waals surface area contributed by atoms with Crippen LogP contribution < -0.4 is 14.8 Å². The van der Waals surface area contributed by atoms with Crippen molar-refractivity contribution in [3.8, 4) is 11.5 Å². The van der Waals surface area contributed by atoms with Gasteiger partial charge in [0.25, 0.3) is 0 Å². The van der Waals surface area contributed by atoms with E-state index in [4.69, 9.17) is 9.47 Å². The number of rotatable bonds is 8. The normalized spacial score (nSPS) is 10.5. The first-order valence-corrected chi connectivity index (χ1v) is 9.29. The number of ether oxygens (including phenoxy) is 2. The molecule has 0 aliphatic carbocycles. The van der Waals surface area contributed by atoms with Crippen molar-refractivity contribution in [2.75, 3.05) is 24.8 Å². The lowest BCUT2D eigenvalue weighted by atomic mass is 10.3. The molecule has 8 heteroatoms. The summed E-state index contributed by atoms with van der Waals surface area (Å²) in [5, 5.41) is 11.8. The first-order valence-electron chi connectivity index (χ1n) is 7.49. The van der Waals surface area contributed by atoms with Gasteiger partial charge in [0.05, 0.1) is 13.7 Å². The molecule has 0 amide bonds. The third kappa shape index (κ3) is 5.07. The van der Waals surface area contributed by atoms with E-state index >= 15 is 0 Å². The van der Waals surface area contributed by atoms with Crippen LogP contribution in [0.1, 0.15) is 0 Å². The third-order valence-corrected chi connectivity index (χ3v) is 5.05. The van der Waals surface area contributed by atoms with Gasteiger partial charge in [0.15, 0.2) is 15.8 Å². The molecule has 130 valence electrons. The van der Waals surface area contributed by atoms with E-state index in [1.807, 2.05) is 24.3 Å². The Bertz CT molecular complexity index is 829. The van der Waals surface area contributed by atoms with Gasteiger partial charge >= 0.3 is 0 Å². The number of hydrogen-bond acceptors (Lipinski definition) is 7. The molecule has 0 saturated carbocycles. The fourth-order valence-electron chi connectivity index (χ4n) is 2.03. The molecular weight excluding hydrogens is 361 g/mol. The third-order valence-electron chi connectivity index (χ3n) is 3.12. The summed E-state index contributed by atoms with van der Waals surface area (Å²) in [5.41, 5.74) is 0.646. The molecule has 0 saturated heterocycles. The number of halogens is 1. The summed E-state index contributed by atoms with van der Waals surface area (Å²) in [5.74, 6) is 1.87. The number of nitrogens with zero attached hydrogens (tertiary/aromatic N) is 2. The van der Waals surface area contributed by atoms with Crippen LogP contribution in [0.25, 0.3) is 0 Å². The molecule has 5 nitrogen and oxygen atoms in total. The predicted molar refractivity (Wildman–Crippen MR) is 98.8 cm³/mol. The van der Waals surface area contributed by atoms with Crippen molar-refractivity contribution in [1.29, 1.82) is 0 Å². The van der Waals surface area contributed by atoms with Gasteiger partial charge in [-0.1, -0.05) is 41.3 Å². The molecule has 2 aromatic carbocycles. The Hall–Kier alpha value is -2.32. The minimum absolute atomic E-state index is 0.294. The fraction of sp³-hybridized carbons (Fsp3) is 0.176. The number of thioether (sulfide) groups is 1. The number of methoxy groups -OCH3 is 1. The molecule has 25 heavy (non-hydrogen) atoms. The van der Waals surface area contributed by atoms with Gasteiger partial charge < -0.3 is 14.8 Å². The molecule has 0 aliphatic heterocycles. The van der Waals surface area contributed by atoms with Gasteiger partial charge in [0.2, 0.25) is 5.13 Å². The highest BCUT2D eigenvalue weighted by Crippen LogP contribution is 2.29. The van der Waals surface area contributed by atoms with Gasteiger partial charge in [0.1, 0.15) is 5.82 Å². The highest BCUT2D eigenvalue weighted by molar-refractivity contribution is 8.01. The summed E-state index contributed by atoms with van der Waals surface area (Å²) in [6.45, 7) is 0.525. The molecule has 0 bridgehead atoms. The fourth-order valence-corrected chi connectivity index (χ4v) is 3.69. The van der Waals surface area contributed by atoms with Gasteiger partial charge in [-0.2, -0.15) is 0 Å². The molecule has 0 atom stereocenters. The second kappa shape index (κ2) is 8.68. The number of anilines is 2. The van der Waals surface area contributed by atoms with E-state index in [0.29, 0.717) is 23.2 Å². The van der Waals surface area contributed by atoms with Gasteiger partial charge in [-0.05, 0) is 30.3 Å². The lowest BCUT2D eigenvalue weighted by Gasteiger charge is -2.09. The summed E-state index contributed by atoms with van der Waals surface area (Å²) >= 11 is 2.97. The van der Waals surface area contributed by atoms with Crippen molar-refractivity contribution >= 4 is 33.9 Å².